The van der Waals surface area contributed by atoms with Crippen molar-refractivity contribution in [1.29, 1.82) is 0 Å². The molecule has 104 valence electrons. The number of aromatic nitrogens is 1. The number of halogens is 2. The Hall–Kier alpha value is -2.26. The first-order valence-corrected chi connectivity index (χ1v) is 6.84. The number of hydrogen-bond acceptors (Lipinski definition) is 2. The molecule has 0 N–H and O–H groups in total. The maximum Gasteiger partial charge on any atom is 0.186 e. The molecule has 0 saturated heterocycles. The first-order valence-electron chi connectivity index (χ1n) is 6.46. The van der Waals surface area contributed by atoms with Crippen LogP contribution in [0.2, 0.25) is 5.02 Å². The van der Waals surface area contributed by atoms with E-state index in [9.17, 15) is 9.18 Å². The third-order valence-corrected chi connectivity index (χ3v) is 3.69. The standard InChI is InChI=1S/C17H11ClFNO/c18-14-6-3-7-15(19)13(14)10-16(21)17-12-5-2-1-4-11(12)8-9-20-17/h1-9H,10H2. The van der Waals surface area contributed by atoms with Gasteiger partial charge in [0.1, 0.15) is 11.5 Å². The highest BCUT2D eigenvalue weighted by molar-refractivity contribution is 6.31. The first kappa shape index (κ1) is 13.7. The number of ketones is 1. The van der Waals surface area contributed by atoms with Gasteiger partial charge in [-0.2, -0.15) is 0 Å². The fourth-order valence-electron chi connectivity index (χ4n) is 2.29. The third kappa shape index (κ3) is 2.65. The van der Waals surface area contributed by atoms with Gasteiger partial charge in [-0.1, -0.05) is 41.9 Å². The van der Waals surface area contributed by atoms with Gasteiger partial charge in [-0.25, -0.2) is 4.39 Å². The summed E-state index contributed by atoms with van der Waals surface area (Å²) >= 11 is 5.97. The molecule has 4 heteroatoms. The Balaban J connectivity index is 2.02. The van der Waals surface area contributed by atoms with Crippen molar-refractivity contribution in [3.8, 4) is 0 Å². The molecule has 0 radical (unpaired) electrons. The average Bonchev–Trinajstić information content (AvgIpc) is 2.50. The highest BCUT2D eigenvalue weighted by Gasteiger charge is 2.16. The zero-order valence-electron chi connectivity index (χ0n) is 11.0. The quantitative estimate of drug-likeness (QED) is 0.669. The summed E-state index contributed by atoms with van der Waals surface area (Å²) in [5, 5.41) is 1.94. The normalized spacial score (nSPS) is 10.8. The largest absolute Gasteiger partial charge is 0.292 e. The summed E-state index contributed by atoms with van der Waals surface area (Å²) in [4.78, 5) is 16.6. The second-order valence-electron chi connectivity index (χ2n) is 4.68. The summed E-state index contributed by atoms with van der Waals surface area (Å²) in [6.07, 6.45) is 1.48. The van der Waals surface area contributed by atoms with Gasteiger partial charge < -0.3 is 0 Å². The van der Waals surface area contributed by atoms with Gasteiger partial charge in [0.2, 0.25) is 0 Å². The van der Waals surface area contributed by atoms with Gasteiger partial charge >= 0.3 is 0 Å². The highest BCUT2D eigenvalue weighted by atomic mass is 35.5. The van der Waals surface area contributed by atoms with Crippen LogP contribution < -0.4 is 0 Å². The summed E-state index contributed by atoms with van der Waals surface area (Å²) in [7, 11) is 0. The monoisotopic (exact) mass is 299 g/mol. The number of pyridine rings is 1. The summed E-state index contributed by atoms with van der Waals surface area (Å²) in [6, 6.07) is 13.7. The molecular formula is C17H11ClFNO. The van der Waals surface area contributed by atoms with Crippen molar-refractivity contribution >= 4 is 28.2 Å². The molecule has 0 amide bonds. The molecule has 21 heavy (non-hydrogen) atoms. The number of carbonyl (C=O) groups is 1. The Kier molecular flexibility index (Phi) is 3.67. The number of nitrogens with zero attached hydrogens (tertiary/aromatic N) is 1. The van der Waals surface area contributed by atoms with E-state index >= 15 is 0 Å². The van der Waals surface area contributed by atoms with Crippen molar-refractivity contribution in [2.24, 2.45) is 0 Å². The highest BCUT2D eigenvalue weighted by Crippen LogP contribution is 2.23. The molecule has 3 aromatic rings. The van der Waals surface area contributed by atoms with E-state index < -0.39 is 5.82 Å². The molecule has 0 aliphatic heterocycles. The second kappa shape index (κ2) is 5.62. The topological polar surface area (TPSA) is 30.0 Å². The van der Waals surface area contributed by atoms with E-state index in [1.54, 1.807) is 12.3 Å². The van der Waals surface area contributed by atoms with Gasteiger partial charge in [-0.15, -0.1) is 0 Å². The fraction of sp³-hybridized carbons (Fsp3) is 0.0588. The van der Waals surface area contributed by atoms with Crippen LogP contribution in [0.25, 0.3) is 10.8 Å². The molecule has 0 spiro atoms. The number of carbonyl (C=O) groups excluding carboxylic acids is 1. The molecule has 0 fully saturated rings. The molecule has 3 rings (SSSR count). The van der Waals surface area contributed by atoms with E-state index in [1.165, 1.54) is 12.1 Å². The lowest BCUT2D eigenvalue weighted by atomic mass is 10.0. The average molecular weight is 300 g/mol. The molecule has 0 bridgehead atoms. The maximum atomic E-state index is 13.8. The van der Waals surface area contributed by atoms with Crippen LogP contribution in [0.5, 0.6) is 0 Å². The van der Waals surface area contributed by atoms with Crippen LogP contribution in [-0.4, -0.2) is 10.8 Å². The zero-order chi connectivity index (χ0) is 14.8. The van der Waals surface area contributed by atoms with Crippen molar-refractivity contribution in [3.05, 3.63) is 76.8 Å². The van der Waals surface area contributed by atoms with Crippen molar-refractivity contribution in [2.45, 2.75) is 6.42 Å². The van der Waals surface area contributed by atoms with Crippen LogP contribution in [-0.2, 0) is 6.42 Å². The number of Topliss-reactive ketones (excluding diaryl/α,β-unsaturated/α-hetero) is 1. The molecular weight excluding hydrogens is 289 g/mol. The van der Waals surface area contributed by atoms with Gasteiger partial charge in [-0.3, -0.25) is 9.78 Å². The number of benzene rings is 2. The fourth-order valence-corrected chi connectivity index (χ4v) is 2.52. The SMILES string of the molecule is O=C(Cc1c(F)cccc1Cl)c1nccc2ccccc12. The van der Waals surface area contributed by atoms with Crippen LogP contribution >= 0.6 is 11.6 Å². The zero-order valence-corrected chi connectivity index (χ0v) is 11.8. The summed E-state index contributed by atoms with van der Waals surface area (Å²) in [5.41, 5.74) is 0.548. The molecule has 2 nitrogen and oxygen atoms in total. The molecule has 1 heterocycles. The predicted octanol–water partition coefficient (Wildman–Crippen LogP) is 4.45. The van der Waals surface area contributed by atoms with Gasteiger partial charge in [0, 0.05) is 28.6 Å². The minimum absolute atomic E-state index is 0.105. The van der Waals surface area contributed by atoms with E-state index in [1.807, 2.05) is 30.3 Å². The Morgan fingerprint density at radius 1 is 1.10 bits per heavy atom. The lowest BCUT2D eigenvalue weighted by molar-refractivity contribution is 0.0989. The summed E-state index contributed by atoms with van der Waals surface area (Å²) < 4.78 is 13.8. The smallest absolute Gasteiger partial charge is 0.186 e. The van der Waals surface area contributed by atoms with Gasteiger partial charge in [0.25, 0.3) is 0 Å². The van der Waals surface area contributed by atoms with Crippen molar-refractivity contribution in [3.63, 3.8) is 0 Å². The van der Waals surface area contributed by atoms with Gasteiger partial charge in [0.15, 0.2) is 5.78 Å². The van der Waals surface area contributed by atoms with Gasteiger partial charge in [0.05, 0.1) is 0 Å². The minimum Gasteiger partial charge on any atom is -0.292 e. The molecule has 0 atom stereocenters. The molecule has 0 aliphatic rings. The Labute approximate surface area is 126 Å². The molecule has 1 aromatic heterocycles. The van der Waals surface area contributed by atoms with E-state index in [0.717, 1.165) is 10.8 Å². The molecule has 2 aromatic carbocycles. The molecule has 0 saturated carbocycles. The summed E-state index contributed by atoms with van der Waals surface area (Å²) in [5.74, 6) is -0.727. The van der Waals surface area contributed by atoms with E-state index in [0.29, 0.717) is 5.69 Å². The van der Waals surface area contributed by atoms with Crippen LogP contribution in [0, 0.1) is 5.82 Å². The first-order chi connectivity index (χ1) is 10.2. The maximum absolute atomic E-state index is 13.8. The van der Waals surface area contributed by atoms with Crippen molar-refractivity contribution in [2.75, 3.05) is 0 Å². The minimum atomic E-state index is -0.476. The number of hydrogen-bond donors (Lipinski definition) is 0. The number of fused-ring (bicyclic) bond motifs is 1. The second-order valence-corrected chi connectivity index (χ2v) is 5.09. The lowest BCUT2D eigenvalue weighted by Crippen LogP contribution is -2.08. The van der Waals surface area contributed by atoms with Crippen LogP contribution in [0.1, 0.15) is 16.1 Å². The van der Waals surface area contributed by atoms with Crippen molar-refractivity contribution < 1.29 is 9.18 Å². The predicted molar refractivity (Wildman–Crippen MR) is 81.2 cm³/mol. The Morgan fingerprint density at radius 2 is 1.90 bits per heavy atom. The number of rotatable bonds is 3. The lowest BCUT2D eigenvalue weighted by Gasteiger charge is -2.07. The third-order valence-electron chi connectivity index (χ3n) is 3.34. The Morgan fingerprint density at radius 3 is 2.71 bits per heavy atom. The van der Waals surface area contributed by atoms with Crippen LogP contribution in [0.3, 0.4) is 0 Å². The van der Waals surface area contributed by atoms with Crippen molar-refractivity contribution in [1.82, 2.24) is 4.98 Å². The van der Waals surface area contributed by atoms with E-state index in [4.69, 9.17) is 11.6 Å². The van der Waals surface area contributed by atoms with Crippen LogP contribution in [0.15, 0.2) is 54.7 Å². The van der Waals surface area contributed by atoms with Crippen LogP contribution in [0.4, 0.5) is 4.39 Å². The van der Waals surface area contributed by atoms with E-state index in [2.05, 4.69) is 4.98 Å². The molecule has 0 aliphatic carbocycles. The Bertz CT molecular complexity index is 806. The molecule has 0 unspecified atom stereocenters. The van der Waals surface area contributed by atoms with Gasteiger partial charge in [-0.05, 0) is 23.6 Å². The summed E-state index contributed by atoms with van der Waals surface area (Å²) in [6.45, 7) is 0. The van der Waals surface area contributed by atoms with E-state index in [-0.39, 0.29) is 22.8 Å².